The zero-order valence-electron chi connectivity index (χ0n) is 14.0. The first-order valence-electron chi connectivity index (χ1n) is 8.28. The van der Waals surface area contributed by atoms with Gasteiger partial charge in [-0.15, -0.1) is 0 Å². The van der Waals surface area contributed by atoms with Crippen molar-refractivity contribution in [3.8, 4) is 22.9 Å². The van der Waals surface area contributed by atoms with Crippen LogP contribution in [0, 0.1) is 0 Å². The van der Waals surface area contributed by atoms with Crippen LogP contribution >= 0.6 is 0 Å². The lowest BCUT2D eigenvalue weighted by Crippen LogP contribution is -2.24. The number of hydrogen-bond acceptors (Lipinski definition) is 7. The Balaban J connectivity index is 1.48. The largest absolute Gasteiger partial charge is 0.486 e. The number of aromatic nitrogens is 2. The quantitative estimate of drug-likeness (QED) is 0.682. The van der Waals surface area contributed by atoms with Crippen LogP contribution in [0.4, 0.5) is 0 Å². The van der Waals surface area contributed by atoms with Crippen molar-refractivity contribution in [1.82, 2.24) is 15.0 Å². The van der Waals surface area contributed by atoms with E-state index in [2.05, 4.69) is 28.0 Å². The predicted molar refractivity (Wildman–Crippen MR) is 89.2 cm³/mol. The molecule has 0 spiro atoms. The Labute approximate surface area is 145 Å². The van der Waals surface area contributed by atoms with Crippen molar-refractivity contribution in [2.75, 3.05) is 19.8 Å². The molecule has 0 saturated heterocycles. The van der Waals surface area contributed by atoms with Crippen LogP contribution in [0.5, 0.6) is 11.5 Å². The lowest BCUT2D eigenvalue weighted by Gasteiger charge is -2.24. The van der Waals surface area contributed by atoms with Gasteiger partial charge >= 0.3 is 0 Å². The molecule has 2 aromatic heterocycles. The van der Waals surface area contributed by atoms with Gasteiger partial charge in [-0.1, -0.05) is 24.2 Å². The first-order chi connectivity index (χ1) is 12.3. The lowest BCUT2D eigenvalue weighted by molar-refractivity contribution is 0.165. The number of fused-ring (bicyclic) bond motifs is 1. The summed E-state index contributed by atoms with van der Waals surface area (Å²) in [4.78, 5) is 6.64. The molecular weight excluding hydrogens is 322 g/mol. The molecule has 1 aliphatic rings. The average Bonchev–Trinajstić information content (AvgIpc) is 3.33. The van der Waals surface area contributed by atoms with Crippen LogP contribution in [0.2, 0.25) is 0 Å². The minimum Gasteiger partial charge on any atom is -0.486 e. The first kappa shape index (κ1) is 15.7. The van der Waals surface area contributed by atoms with Gasteiger partial charge in [-0.25, -0.2) is 0 Å². The Morgan fingerprint density at radius 3 is 2.88 bits per heavy atom. The van der Waals surface area contributed by atoms with Crippen LogP contribution in [0.1, 0.15) is 18.4 Å². The van der Waals surface area contributed by atoms with Crippen molar-refractivity contribution < 1.29 is 18.4 Å². The molecule has 4 rings (SSSR count). The van der Waals surface area contributed by atoms with Crippen molar-refractivity contribution in [1.29, 1.82) is 0 Å². The maximum atomic E-state index is 5.79. The molecule has 7 nitrogen and oxygen atoms in total. The summed E-state index contributed by atoms with van der Waals surface area (Å²) in [6.45, 7) is 5.38. The summed E-state index contributed by atoms with van der Waals surface area (Å²) in [6.07, 6.45) is 3.18. The van der Waals surface area contributed by atoms with E-state index in [1.165, 1.54) is 0 Å². The van der Waals surface area contributed by atoms with Crippen molar-refractivity contribution in [3.63, 3.8) is 0 Å². The van der Waals surface area contributed by atoms with E-state index in [1.54, 1.807) is 18.6 Å². The fourth-order valence-corrected chi connectivity index (χ4v) is 2.80. The lowest BCUT2D eigenvalue weighted by atomic mass is 10.1. The van der Waals surface area contributed by atoms with E-state index < -0.39 is 0 Å². The maximum Gasteiger partial charge on any atom is 0.241 e. The molecule has 1 aromatic carbocycles. The smallest absolute Gasteiger partial charge is 0.241 e. The van der Waals surface area contributed by atoms with Crippen molar-refractivity contribution in [3.05, 3.63) is 48.2 Å². The molecule has 7 heteroatoms. The van der Waals surface area contributed by atoms with Crippen LogP contribution in [0.3, 0.4) is 0 Å². The summed E-state index contributed by atoms with van der Waals surface area (Å²) in [6, 6.07) is 7.78. The van der Waals surface area contributed by atoms with Crippen molar-refractivity contribution >= 4 is 0 Å². The Morgan fingerprint density at radius 1 is 1.12 bits per heavy atom. The fraction of sp³-hybridized carbons (Fsp3) is 0.333. The molecule has 0 unspecified atom stereocenters. The number of hydrogen-bond donors (Lipinski definition) is 0. The molecule has 0 N–H and O–H groups in total. The van der Waals surface area contributed by atoms with Gasteiger partial charge in [0.15, 0.2) is 11.5 Å². The van der Waals surface area contributed by atoms with Crippen molar-refractivity contribution in [2.45, 2.75) is 20.0 Å². The Morgan fingerprint density at radius 2 is 2.04 bits per heavy atom. The molecule has 25 heavy (non-hydrogen) atoms. The zero-order valence-corrected chi connectivity index (χ0v) is 14.0. The molecule has 0 radical (unpaired) electrons. The van der Waals surface area contributed by atoms with Crippen LogP contribution in [0.25, 0.3) is 11.4 Å². The highest BCUT2D eigenvalue weighted by Crippen LogP contribution is 2.34. The summed E-state index contributed by atoms with van der Waals surface area (Å²) < 4.78 is 21.9. The highest BCUT2D eigenvalue weighted by molar-refractivity contribution is 5.51. The Bertz CT molecular complexity index is 829. The number of para-hydroxylation sites is 1. The topological polar surface area (TPSA) is 73.8 Å². The number of furan rings is 1. The van der Waals surface area contributed by atoms with E-state index in [0.717, 1.165) is 29.2 Å². The van der Waals surface area contributed by atoms with E-state index >= 15 is 0 Å². The predicted octanol–water partition coefficient (Wildman–Crippen LogP) is 3.12. The third-order valence-corrected chi connectivity index (χ3v) is 4.10. The van der Waals surface area contributed by atoms with Gasteiger partial charge in [0.1, 0.15) is 19.5 Å². The van der Waals surface area contributed by atoms with Gasteiger partial charge in [-0.2, -0.15) is 4.98 Å². The molecule has 0 aliphatic carbocycles. The number of benzene rings is 1. The Hall–Kier alpha value is -2.80. The summed E-state index contributed by atoms with van der Waals surface area (Å²) >= 11 is 0. The number of ether oxygens (including phenoxy) is 2. The van der Waals surface area contributed by atoms with Crippen molar-refractivity contribution in [2.24, 2.45) is 0 Å². The van der Waals surface area contributed by atoms with Gasteiger partial charge < -0.3 is 18.4 Å². The first-order valence-corrected chi connectivity index (χ1v) is 8.28. The van der Waals surface area contributed by atoms with Gasteiger partial charge in [-0.05, 0) is 18.7 Å². The van der Waals surface area contributed by atoms with Gasteiger partial charge in [0.2, 0.25) is 11.7 Å². The molecule has 3 heterocycles. The van der Waals surface area contributed by atoms with Crippen LogP contribution in [-0.4, -0.2) is 34.8 Å². The second-order valence-electron chi connectivity index (χ2n) is 5.77. The highest BCUT2D eigenvalue weighted by Gasteiger charge is 2.19. The SMILES string of the molecule is CCN(Cc1nc(-c2ccoc2)no1)Cc1cccc2c1OCCO2. The second-order valence-corrected chi connectivity index (χ2v) is 5.77. The molecular formula is C18H19N3O4. The summed E-state index contributed by atoms with van der Waals surface area (Å²) in [5.41, 5.74) is 1.90. The fourth-order valence-electron chi connectivity index (χ4n) is 2.80. The third kappa shape index (κ3) is 3.36. The molecule has 1 aliphatic heterocycles. The average molecular weight is 341 g/mol. The number of rotatable bonds is 6. The molecule has 130 valence electrons. The Kier molecular flexibility index (Phi) is 4.39. The second kappa shape index (κ2) is 6.98. The van der Waals surface area contributed by atoms with Crippen LogP contribution < -0.4 is 9.47 Å². The van der Waals surface area contributed by atoms with E-state index in [4.69, 9.17) is 18.4 Å². The van der Waals surface area contributed by atoms with Crippen LogP contribution in [0.15, 0.2) is 45.7 Å². The normalized spacial score (nSPS) is 13.4. The summed E-state index contributed by atoms with van der Waals surface area (Å²) in [7, 11) is 0. The van der Waals surface area contributed by atoms with Gasteiger partial charge in [-0.3, -0.25) is 4.90 Å². The molecule has 0 atom stereocenters. The molecule has 0 bridgehead atoms. The molecule has 0 saturated carbocycles. The van der Waals surface area contributed by atoms with E-state index in [-0.39, 0.29) is 0 Å². The van der Waals surface area contributed by atoms with E-state index in [0.29, 0.717) is 38.0 Å². The standard InChI is InChI=1S/C18H19N3O4/c1-2-21(10-13-4-3-5-15-17(13)24-9-8-23-15)11-16-19-18(20-25-16)14-6-7-22-12-14/h3-7,12H,2,8-11H2,1H3. The van der Waals surface area contributed by atoms with Crippen LogP contribution in [-0.2, 0) is 13.1 Å². The van der Waals surface area contributed by atoms with Gasteiger partial charge in [0, 0.05) is 12.1 Å². The summed E-state index contributed by atoms with van der Waals surface area (Å²) in [5, 5.41) is 4.01. The minimum atomic E-state index is 0.536. The van der Waals surface area contributed by atoms with Gasteiger partial charge in [0.05, 0.1) is 18.4 Å². The van der Waals surface area contributed by atoms with E-state index in [9.17, 15) is 0 Å². The molecule has 0 amide bonds. The minimum absolute atomic E-state index is 0.536. The highest BCUT2D eigenvalue weighted by atomic mass is 16.6. The molecule has 0 fully saturated rings. The molecule has 3 aromatic rings. The third-order valence-electron chi connectivity index (χ3n) is 4.10. The maximum absolute atomic E-state index is 5.79. The summed E-state index contributed by atoms with van der Waals surface area (Å²) in [5.74, 6) is 2.74. The van der Waals surface area contributed by atoms with Gasteiger partial charge in [0.25, 0.3) is 0 Å². The number of nitrogens with zero attached hydrogens (tertiary/aromatic N) is 3. The monoisotopic (exact) mass is 341 g/mol. The zero-order chi connectivity index (χ0) is 17.1. The van der Waals surface area contributed by atoms with E-state index in [1.807, 2.05) is 12.1 Å².